The Morgan fingerprint density at radius 3 is 2.88 bits per heavy atom. The summed E-state index contributed by atoms with van der Waals surface area (Å²) in [7, 11) is 0. The maximum absolute atomic E-state index is 6.11. The summed E-state index contributed by atoms with van der Waals surface area (Å²) in [6.45, 7) is 0. The van der Waals surface area contributed by atoms with Gasteiger partial charge in [-0.2, -0.15) is 5.10 Å². The molecule has 1 aromatic carbocycles. The minimum absolute atomic E-state index is 0.596. The minimum Gasteiger partial charge on any atom is -0.217 e. The van der Waals surface area contributed by atoms with Gasteiger partial charge in [0.15, 0.2) is 0 Å². The van der Waals surface area contributed by atoms with Gasteiger partial charge in [0.25, 0.3) is 0 Å². The molecule has 3 nitrogen and oxygen atoms in total. The van der Waals surface area contributed by atoms with Crippen LogP contribution in [0, 0.1) is 0 Å². The summed E-state index contributed by atoms with van der Waals surface area (Å²) in [6.07, 6.45) is 1.85. The normalized spacial score (nSPS) is 11.1. The van der Waals surface area contributed by atoms with Gasteiger partial charge < -0.3 is 0 Å². The molecule has 3 rings (SSSR count). The topological polar surface area (TPSA) is 30.2 Å². The second-order valence-electron chi connectivity index (χ2n) is 3.22. The first-order valence-electron chi connectivity index (χ1n) is 4.48. The fourth-order valence-corrected chi connectivity index (χ4v) is 2.57. The molecule has 0 amide bonds. The van der Waals surface area contributed by atoms with E-state index >= 15 is 0 Å². The van der Waals surface area contributed by atoms with Gasteiger partial charge in [-0.05, 0) is 18.2 Å². The monoisotopic (exact) mass is 269 g/mol. The molecule has 16 heavy (non-hydrogen) atoms. The van der Waals surface area contributed by atoms with E-state index in [0.29, 0.717) is 10.0 Å². The van der Waals surface area contributed by atoms with E-state index in [1.54, 1.807) is 22.2 Å². The largest absolute Gasteiger partial charge is 0.217 e. The Bertz CT molecular complexity index is 630. The van der Waals surface area contributed by atoms with Crippen LogP contribution in [-0.2, 0) is 0 Å². The lowest BCUT2D eigenvalue weighted by Gasteiger charge is -1.99. The van der Waals surface area contributed by atoms with Crippen LogP contribution in [0.5, 0.6) is 0 Å². The summed E-state index contributed by atoms with van der Waals surface area (Å²) in [5, 5.41) is 5.33. The molecule has 0 bridgehead atoms. The molecule has 2 aromatic heterocycles. The van der Waals surface area contributed by atoms with Crippen molar-refractivity contribution in [1.29, 1.82) is 0 Å². The number of hydrogen-bond donors (Lipinski definition) is 0. The summed E-state index contributed by atoms with van der Waals surface area (Å²) in [5.74, 6) is 0. The minimum atomic E-state index is 0.596. The second kappa shape index (κ2) is 3.73. The van der Waals surface area contributed by atoms with Gasteiger partial charge in [0.1, 0.15) is 5.51 Å². The van der Waals surface area contributed by atoms with E-state index in [4.69, 9.17) is 23.2 Å². The first-order valence-corrected chi connectivity index (χ1v) is 6.12. The number of aromatic nitrogens is 3. The first kappa shape index (κ1) is 10.1. The number of hydrogen-bond acceptors (Lipinski definition) is 3. The van der Waals surface area contributed by atoms with Gasteiger partial charge in [-0.1, -0.05) is 34.5 Å². The van der Waals surface area contributed by atoms with Crippen LogP contribution in [0.25, 0.3) is 16.2 Å². The van der Waals surface area contributed by atoms with E-state index in [9.17, 15) is 0 Å². The summed E-state index contributed by atoms with van der Waals surface area (Å²) in [4.78, 5) is 5.27. The van der Waals surface area contributed by atoms with E-state index in [1.807, 2.05) is 12.3 Å². The van der Waals surface area contributed by atoms with Crippen LogP contribution >= 0.6 is 34.5 Å². The van der Waals surface area contributed by atoms with Crippen molar-refractivity contribution in [3.63, 3.8) is 0 Å². The van der Waals surface area contributed by atoms with Crippen molar-refractivity contribution in [2.75, 3.05) is 0 Å². The maximum atomic E-state index is 6.11. The Hall–Kier alpha value is -1.10. The molecule has 0 saturated carbocycles. The predicted molar refractivity (Wildman–Crippen MR) is 66.3 cm³/mol. The third kappa shape index (κ3) is 1.59. The molecule has 0 unspecified atom stereocenters. The zero-order valence-corrected chi connectivity index (χ0v) is 10.2. The van der Waals surface area contributed by atoms with Gasteiger partial charge in [-0.15, -0.1) is 0 Å². The highest BCUT2D eigenvalue weighted by molar-refractivity contribution is 7.14. The standard InChI is InChI=1S/C10H5Cl2N3S/c11-6-1-2-7(8(12)3-6)9-4-15-10(14-9)16-5-13-15/h1-5H. The van der Waals surface area contributed by atoms with Crippen molar-refractivity contribution in [2.24, 2.45) is 0 Å². The van der Waals surface area contributed by atoms with E-state index in [-0.39, 0.29) is 0 Å². The van der Waals surface area contributed by atoms with Gasteiger partial charge in [-0.25, -0.2) is 9.50 Å². The maximum Gasteiger partial charge on any atom is 0.212 e. The van der Waals surface area contributed by atoms with Gasteiger partial charge >= 0.3 is 0 Å². The first-order chi connectivity index (χ1) is 7.74. The van der Waals surface area contributed by atoms with Crippen LogP contribution in [0.1, 0.15) is 0 Å². The van der Waals surface area contributed by atoms with E-state index in [1.165, 1.54) is 11.3 Å². The van der Waals surface area contributed by atoms with Gasteiger partial charge in [0, 0.05) is 10.6 Å². The number of fused-ring (bicyclic) bond motifs is 1. The van der Waals surface area contributed by atoms with Crippen molar-refractivity contribution in [3.05, 3.63) is 40.0 Å². The van der Waals surface area contributed by atoms with Crippen molar-refractivity contribution >= 4 is 39.5 Å². The number of imidazole rings is 1. The number of rotatable bonds is 1. The lowest BCUT2D eigenvalue weighted by Crippen LogP contribution is -1.80. The molecule has 0 radical (unpaired) electrons. The number of benzene rings is 1. The molecule has 0 aliphatic carbocycles. The SMILES string of the molecule is Clc1ccc(-c2cn3ncsc3n2)c(Cl)c1. The average molecular weight is 270 g/mol. The lowest BCUT2D eigenvalue weighted by atomic mass is 10.2. The van der Waals surface area contributed by atoms with Crippen molar-refractivity contribution in [2.45, 2.75) is 0 Å². The molecule has 6 heteroatoms. The summed E-state index contributed by atoms with van der Waals surface area (Å²) in [6, 6.07) is 5.36. The van der Waals surface area contributed by atoms with Crippen molar-refractivity contribution in [3.8, 4) is 11.3 Å². The fourth-order valence-electron chi connectivity index (χ4n) is 1.47. The lowest BCUT2D eigenvalue weighted by molar-refractivity contribution is 0.974. The Balaban J connectivity index is 2.19. The van der Waals surface area contributed by atoms with Crippen molar-refractivity contribution < 1.29 is 0 Å². The summed E-state index contributed by atoms with van der Waals surface area (Å²) in [5.41, 5.74) is 3.42. The third-order valence-corrected chi connectivity index (χ3v) is 3.43. The number of halogens is 2. The Labute approximate surface area is 105 Å². The van der Waals surface area contributed by atoms with Gasteiger partial charge in [0.2, 0.25) is 4.96 Å². The number of nitrogens with zero attached hydrogens (tertiary/aromatic N) is 3. The highest BCUT2D eigenvalue weighted by atomic mass is 35.5. The van der Waals surface area contributed by atoms with E-state index in [0.717, 1.165) is 16.2 Å². The molecule has 3 aromatic rings. The highest BCUT2D eigenvalue weighted by Crippen LogP contribution is 2.30. The van der Waals surface area contributed by atoms with E-state index in [2.05, 4.69) is 10.1 Å². The van der Waals surface area contributed by atoms with Crippen LogP contribution in [0.2, 0.25) is 10.0 Å². The second-order valence-corrected chi connectivity index (χ2v) is 4.87. The van der Waals surface area contributed by atoms with E-state index < -0.39 is 0 Å². The Morgan fingerprint density at radius 1 is 1.25 bits per heavy atom. The van der Waals surface area contributed by atoms with Crippen LogP contribution in [0.3, 0.4) is 0 Å². The third-order valence-electron chi connectivity index (χ3n) is 2.19. The molecule has 0 aliphatic rings. The van der Waals surface area contributed by atoms with Crippen LogP contribution in [-0.4, -0.2) is 14.6 Å². The molecule has 0 N–H and O–H groups in total. The molecular weight excluding hydrogens is 265 g/mol. The molecular formula is C10H5Cl2N3S. The van der Waals surface area contributed by atoms with Crippen LogP contribution in [0.4, 0.5) is 0 Å². The quantitative estimate of drug-likeness (QED) is 0.673. The molecule has 0 saturated heterocycles. The molecule has 80 valence electrons. The average Bonchev–Trinajstić information content (AvgIpc) is 2.76. The predicted octanol–water partition coefficient (Wildman–Crippen LogP) is 3.76. The summed E-state index contributed by atoms with van der Waals surface area (Å²) >= 11 is 13.4. The van der Waals surface area contributed by atoms with Gasteiger partial charge in [-0.3, -0.25) is 0 Å². The van der Waals surface area contributed by atoms with Crippen LogP contribution in [0.15, 0.2) is 29.9 Å². The Morgan fingerprint density at radius 2 is 2.12 bits per heavy atom. The van der Waals surface area contributed by atoms with Crippen LogP contribution < -0.4 is 0 Å². The van der Waals surface area contributed by atoms with Gasteiger partial charge in [0.05, 0.1) is 16.9 Å². The smallest absolute Gasteiger partial charge is 0.212 e. The Kier molecular flexibility index (Phi) is 2.35. The van der Waals surface area contributed by atoms with Crippen molar-refractivity contribution in [1.82, 2.24) is 14.6 Å². The zero-order chi connectivity index (χ0) is 11.1. The highest BCUT2D eigenvalue weighted by Gasteiger charge is 2.09. The zero-order valence-electron chi connectivity index (χ0n) is 7.89. The molecule has 0 fully saturated rings. The molecule has 2 heterocycles. The molecule has 0 atom stereocenters. The fraction of sp³-hybridized carbons (Fsp3) is 0. The molecule has 0 spiro atoms. The summed E-state index contributed by atoms with van der Waals surface area (Å²) < 4.78 is 1.73. The molecule has 0 aliphatic heterocycles.